The molecule has 0 aliphatic heterocycles. The number of halogens is 1. The van der Waals surface area contributed by atoms with Gasteiger partial charge in [-0.3, -0.25) is 4.79 Å². The molecule has 0 aliphatic rings. The average Bonchev–Trinajstić information content (AvgIpc) is 2.97. The van der Waals surface area contributed by atoms with E-state index in [4.69, 9.17) is 11.6 Å². The van der Waals surface area contributed by atoms with E-state index in [1.54, 1.807) is 0 Å². The molecule has 0 saturated carbocycles. The van der Waals surface area contributed by atoms with Gasteiger partial charge in [0.1, 0.15) is 0 Å². The zero-order valence-electron chi connectivity index (χ0n) is 24.3. The Morgan fingerprint density at radius 3 is 1.90 bits per heavy atom. The number of hydrogen-bond acceptors (Lipinski definition) is 2. The Labute approximate surface area is 242 Å². The van der Waals surface area contributed by atoms with Gasteiger partial charge in [-0.15, -0.1) is 0 Å². The van der Waals surface area contributed by atoms with E-state index in [-0.39, 0.29) is 5.91 Å². The maximum Gasteiger partial charge on any atom is 0.254 e. The van der Waals surface area contributed by atoms with Crippen molar-refractivity contribution in [1.29, 1.82) is 0 Å². The summed E-state index contributed by atoms with van der Waals surface area (Å²) in [7, 11) is 0. The average molecular weight is 547 g/mol. The zero-order valence-corrected chi connectivity index (χ0v) is 25.1. The van der Waals surface area contributed by atoms with Gasteiger partial charge in [-0.25, -0.2) is 0 Å². The van der Waals surface area contributed by atoms with Gasteiger partial charge >= 0.3 is 0 Å². The Hall–Kier alpha value is -2.62. The van der Waals surface area contributed by atoms with Crippen molar-refractivity contribution in [2.75, 3.05) is 26.2 Å². The molecule has 210 valence electrons. The number of unbranched alkanes of at least 4 members (excludes halogenated alkanes) is 4. The van der Waals surface area contributed by atoms with E-state index >= 15 is 0 Å². The first-order chi connectivity index (χ1) is 19.0. The van der Waals surface area contributed by atoms with Crippen LogP contribution in [0.4, 0.5) is 0 Å². The lowest BCUT2D eigenvalue weighted by atomic mass is 10.0. The van der Waals surface area contributed by atoms with Gasteiger partial charge < -0.3 is 9.80 Å². The molecule has 0 fully saturated rings. The molecule has 0 spiro atoms. The molecule has 39 heavy (non-hydrogen) atoms. The van der Waals surface area contributed by atoms with Crippen LogP contribution in [-0.4, -0.2) is 41.9 Å². The summed E-state index contributed by atoms with van der Waals surface area (Å²) in [5.41, 5.74) is 5.33. The molecule has 0 saturated heterocycles. The Morgan fingerprint density at radius 1 is 0.667 bits per heavy atom. The number of hydrogen-bond donors (Lipinski definition) is 0. The third-order valence-corrected chi connectivity index (χ3v) is 7.74. The number of nitrogens with zero attached hydrogens (tertiary/aromatic N) is 2. The summed E-state index contributed by atoms with van der Waals surface area (Å²) in [6.07, 6.45) is 9.51. The standard InChI is InChI=1S/C35H47ClN2O/c1-4-7-10-13-29-16-22-32(23-17-29)35(39)38(27-26-37(24-8-5-2)25-9-6-3)28-30-18-20-31(21-19-30)33-14-11-12-15-34(33)36/h11-12,14-23H,4-10,13,24-28H2,1-3H3. The molecular weight excluding hydrogens is 500 g/mol. The molecule has 0 aliphatic carbocycles. The van der Waals surface area contributed by atoms with E-state index in [9.17, 15) is 4.79 Å². The molecule has 0 heterocycles. The predicted molar refractivity (Wildman–Crippen MR) is 168 cm³/mol. The fraction of sp³-hybridized carbons (Fsp3) is 0.457. The predicted octanol–water partition coefficient (Wildman–Crippen LogP) is 9.28. The van der Waals surface area contributed by atoms with E-state index in [2.05, 4.69) is 62.1 Å². The lowest BCUT2D eigenvalue weighted by Crippen LogP contribution is -2.39. The monoisotopic (exact) mass is 546 g/mol. The SMILES string of the molecule is CCCCCc1ccc(C(=O)N(CCN(CCCC)CCCC)Cc2ccc(-c3ccccc3Cl)cc2)cc1. The molecule has 3 nitrogen and oxygen atoms in total. The highest BCUT2D eigenvalue weighted by atomic mass is 35.5. The summed E-state index contributed by atoms with van der Waals surface area (Å²) in [4.78, 5) is 18.3. The molecule has 3 aromatic carbocycles. The first-order valence-electron chi connectivity index (χ1n) is 15.0. The van der Waals surface area contributed by atoms with Crippen molar-refractivity contribution in [3.63, 3.8) is 0 Å². The van der Waals surface area contributed by atoms with Crippen molar-refractivity contribution >= 4 is 17.5 Å². The van der Waals surface area contributed by atoms with Crippen LogP contribution in [0, 0.1) is 0 Å². The topological polar surface area (TPSA) is 23.6 Å². The van der Waals surface area contributed by atoms with Gasteiger partial charge in [-0.2, -0.15) is 0 Å². The van der Waals surface area contributed by atoms with E-state index in [0.29, 0.717) is 6.54 Å². The van der Waals surface area contributed by atoms with Gasteiger partial charge in [0.25, 0.3) is 5.91 Å². The zero-order chi connectivity index (χ0) is 27.9. The lowest BCUT2D eigenvalue weighted by Gasteiger charge is -2.28. The molecule has 0 N–H and O–H groups in total. The van der Waals surface area contributed by atoms with Gasteiger partial charge in [0, 0.05) is 35.8 Å². The van der Waals surface area contributed by atoms with E-state index in [1.807, 2.05) is 41.3 Å². The highest BCUT2D eigenvalue weighted by molar-refractivity contribution is 6.33. The second kappa shape index (κ2) is 17.2. The number of rotatable bonds is 17. The summed E-state index contributed by atoms with van der Waals surface area (Å²) in [6, 6.07) is 24.7. The minimum atomic E-state index is 0.108. The summed E-state index contributed by atoms with van der Waals surface area (Å²) >= 11 is 6.42. The molecule has 3 aromatic rings. The molecule has 0 unspecified atom stereocenters. The van der Waals surface area contributed by atoms with Crippen LogP contribution in [0.3, 0.4) is 0 Å². The minimum absolute atomic E-state index is 0.108. The number of carbonyl (C=O) groups is 1. The van der Waals surface area contributed by atoms with Crippen molar-refractivity contribution in [1.82, 2.24) is 9.80 Å². The Balaban J connectivity index is 1.76. The van der Waals surface area contributed by atoms with Crippen LogP contribution in [-0.2, 0) is 13.0 Å². The Bertz CT molecular complexity index is 1100. The second-order valence-electron chi connectivity index (χ2n) is 10.6. The van der Waals surface area contributed by atoms with Crippen molar-refractivity contribution in [3.05, 3.63) is 94.5 Å². The van der Waals surface area contributed by atoms with Gasteiger partial charge in [0.15, 0.2) is 0 Å². The van der Waals surface area contributed by atoms with Crippen LogP contribution >= 0.6 is 11.6 Å². The van der Waals surface area contributed by atoms with Crippen LogP contribution in [0.2, 0.25) is 5.02 Å². The smallest absolute Gasteiger partial charge is 0.254 e. The Morgan fingerprint density at radius 2 is 1.28 bits per heavy atom. The van der Waals surface area contributed by atoms with Crippen molar-refractivity contribution in [2.45, 2.75) is 78.7 Å². The maximum absolute atomic E-state index is 13.8. The highest BCUT2D eigenvalue weighted by Gasteiger charge is 2.18. The normalized spacial score (nSPS) is 11.2. The van der Waals surface area contributed by atoms with Gasteiger partial charge in [-0.05, 0) is 73.7 Å². The van der Waals surface area contributed by atoms with E-state index in [0.717, 1.165) is 59.9 Å². The molecule has 1 amide bonds. The van der Waals surface area contributed by atoms with Crippen molar-refractivity contribution < 1.29 is 4.79 Å². The summed E-state index contributed by atoms with van der Waals surface area (Å²) < 4.78 is 0. The third-order valence-electron chi connectivity index (χ3n) is 7.41. The summed E-state index contributed by atoms with van der Waals surface area (Å²) in [5, 5.41) is 0.749. The lowest BCUT2D eigenvalue weighted by molar-refractivity contribution is 0.0720. The number of benzene rings is 3. The number of aryl methyl sites for hydroxylation is 1. The minimum Gasteiger partial charge on any atom is -0.333 e. The largest absolute Gasteiger partial charge is 0.333 e. The molecule has 0 bridgehead atoms. The highest BCUT2D eigenvalue weighted by Crippen LogP contribution is 2.28. The van der Waals surface area contributed by atoms with Gasteiger partial charge in [0.2, 0.25) is 0 Å². The first kappa shape index (κ1) is 30.9. The van der Waals surface area contributed by atoms with E-state index in [1.165, 1.54) is 50.5 Å². The molecule has 0 radical (unpaired) electrons. The fourth-order valence-corrected chi connectivity index (χ4v) is 5.14. The van der Waals surface area contributed by atoms with E-state index < -0.39 is 0 Å². The number of amides is 1. The quantitative estimate of drug-likeness (QED) is 0.157. The Kier molecular flexibility index (Phi) is 13.6. The van der Waals surface area contributed by atoms with Crippen LogP contribution in [0.15, 0.2) is 72.8 Å². The third kappa shape index (κ3) is 10.1. The molecule has 0 aromatic heterocycles. The fourth-order valence-electron chi connectivity index (χ4n) is 4.89. The van der Waals surface area contributed by atoms with Crippen molar-refractivity contribution in [3.8, 4) is 11.1 Å². The summed E-state index contributed by atoms with van der Waals surface area (Å²) in [6.45, 7) is 11.1. The maximum atomic E-state index is 13.8. The second-order valence-corrected chi connectivity index (χ2v) is 11.0. The molecule has 4 heteroatoms. The molecule has 3 rings (SSSR count). The van der Waals surface area contributed by atoms with Gasteiger partial charge in [-0.1, -0.05) is 113 Å². The molecule has 0 atom stereocenters. The first-order valence-corrected chi connectivity index (χ1v) is 15.4. The van der Waals surface area contributed by atoms with Gasteiger partial charge in [0.05, 0.1) is 0 Å². The van der Waals surface area contributed by atoms with Crippen LogP contribution < -0.4 is 0 Å². The summed E-state index contributed by atoms with van der Waals surface area (Å²) in [5.74, 6) is 0.108. The van der Waals surface area contributed by atoms with Crippen molar-refractivity contribution in [2.24, 2.45) is 0 Å². The van der Waals surface area contributed by atoms with Crippen LogP contribution in [0.1, 0.15) is 87.2 Å². The van der Waals surface area contributed by atoms with Crippen LogP contribution in [0.25, 0.3) is 11.1 Å². The molecular formula is C35H47ClN2O. The van der Waals surface area contributed by atoms with Crippen LogP contribution in [0.5, 0.6) is 0 Å². The number of carbonyl (C=O) groups excluding carboxylic acids is 1.